The summed E-state index contributed by atoms with van der Waals surface area (Å²) in [4.78, 5) is 30.0. The highest BCUT2D eigenvalue weighted by atomic mass is 16.2. The van der Waals surface area contributed by atoms with E-state index in [-0.39, 0.29) is 11.8 Å². The molecule has 0 saturated carbocycles. The maximum absolute atomic E-state index is 12.2. The van der Waals surface area contributed by atoms with Gasteiger partial charge >= 0.3 is 11.8 Å². The smallest absolute Gasteiger partial charge is 0.312 e. The molecule has 2 rings (SSSR count). The Hall–Kier alpha value is -1.14. The van der Waals surface area contributed by atoms with Crippen molar-refractivity contribution in [3.8, 4) is 0 Å². The Morgan fingerprint density at radius 3 is 2.75 bits per heavy atom. The van der Waals surface area contributed by atoms with Gasteiger partial charge in [0.05, 0.1) is 0 Å². The van der Waals surface area contributed by atoms with Gasteiger partial charge in [0.1, 0.15) is 0 Å². The molecule has 6 heteroatoms. The maximum Gasteiger partial charge on any atom is 0.312 e. The van der Waals surface area contributed by atoms with Gasteiger partial charge in [0.25, 0.3) is 0 Å². The van der Waals surface area contributed by atoms with Crippen LogP contribution in [0.4, 0.5) is 0 Å². The number of amides is 2. The number of carbonyl (C=O) groups is 2. The first-order valence-electron chi connectivity index (χ1n) is 7.51. The molecule has 1 atom stereocenters. The van der Waals surface area contributed by atoms with Crippen LogP contribution < -0.4 is 5.32 Å². The molecular formula is C14H26N4O2. The molecule has 0 radical (unpaired) electrons. The lowest BCUT2D eigenvalue weighted by Gasteiger charge is -2.25. The zero-order valence-corrected chi connectivity index (χ0v) is 12.6. The van der Waals surface area contributed by atoms with Crippen LogP contribution >= 0.6 is 0 Å². The van der Waals surface area contributed by atoms with E-state index in [0.29, 0.717) is 25.6 Å². The molecule has 2 amide bonds. The van der Waals surface area contributed by atoms with Crippen LogP contribution in [0, 0.1) is 5.92 Å². The lowest BCUT2D eigenvalue weighted by atomic mass is 10.1. The second-order valence-electron chi connectivity index (χ2n) is 6.00. The van der Waals surface area contributed by atoms with Crippen molar-refractivity contribution < 1.29 is 9.59 Å². The van der Waals surface area contributed by atoms with Gasteiger partial charge in [0, 0.05) is 39.8 Å². The van der Waals surface area contributed by atoms with Gasteiger partial charge in [-0.2, -0.15) is 0 Å². The van der Waals surface area contributed by atoms with E-state index in [0.717, 1.165) is 39.0 Å². The Morgan fingerprint density at radius 2 is 2.05 bits per heavy atom. The summed E-state index contributed by atoms with van der Waals surface area (Å²) in [6, 6.07) is 0. The van der Waals surface area contributed by atoms with Gasteiger partial charge in [-0.3, -0.25) is 9.59 Å². The fraction of sp³-hybridized carbons (Fsp3) is 0.857. The van der Waals surface area contributed by atoms with Gasteiger partial charge < -0.3 is 20.0 Å². The predicted octanol–water partition coefficient (Wildman–Crippen LogP) is -0.782. The Balaban J connectivity index is 1.83. The van der Waals surface area contributed by atoms with Crippen LogP contribution in [0.5, 0.6) is 0 Å². The predicted molar refractivity (Wildman–Crippen MR) is 77.3 cm³/mol. The first kappa shape index (κ1) is 15.3. The molecule has 0 aromatic heterocycles. The number of hydrogen-bond donors (Lipinski definition) is 1. The van der Waals surface area contributed by atoms with Crippen molar-refractivity contribution in [3.05, 3.63) is 0 Å². The third-order valence-corrected chi connectivity index (χ3v) is 4.18. The summed E-state index contributed by atoms with van der Waals surface area (Å²) in [5.41, 5.74) is 0. The molecule has 2 aliphatic heterocycles. The second kappa shape index (κ2) is 7.04. The van der Waals surface area contributed by atoms with Crippen molar-refractivity contribution >= 4 is 11.8 Å². The molecule has 114 valence electrons. The third-order valence-electron chi connectivity index (χ3n) is 4.18. The van der Waals surface area contributed by atoms with Crippen LogP contribution in [-0.2, 0) is 9.59 Å². The molecule has 0 aliphatic carbocycles. The minimum absolute atomic E-state index is 0.345. The number of carbonyl (C=O) groups excluding carboxylic acids is 2. The van der Waals surface area contributed by atoms with Gasteiger partial charge in [0.2, 0.25) is 0 Å². The number of likely N-dealkylation sites (N-methyl/N-ethyl adjacent to an activating group) is 1. The summed E-state index contributed by atoms with van der Waals surface area (Å²) in [5.74, 6) is -0.212. The van der Waals surface area contributed by atoms with E-state index in [2.05, 4.69) is 17.3 Å². The number of nitrogens with one attached hydrogen (secondary N) is 1. The third kappa shape index (κ3) is 3.93. The van der Waals surface area contributed by atoms with Crippen molar-refractivity contribution in [2.75, 3.05) is 59.9 Å². The van der Waals surface area contributed by atoms with Crippen molar-refractivity contribution in [2.45, 2.75) is 12.8 Å². The molecule has 1 N–H and O–H groups in total. The Morgan fingerprint density at radius 1 is 1.25 bits per heavy atom. The SMILES string of the molecule is CN1CCC(CN(C)C(=O)C(=O)N2CCCNCC2)C1. The van der Waals surface area contributed by atoms with Crippen molar-refractivity contribution in [1.29, 1.82) is 0 Å². The van der Waals surface area contributed by atoms with Gasteiger partial charge in [-0.25, -0.2) is 0 Å². The number of nitrogens with zero attached hydrogens (tertiary/aromatic N) is 3. The lowest BCUT2D eigenvalue weighted by molar-refractivity contribution is -0.151. The standard InChI is InChI=1S/C14H26N4O2/c1-16-8-4-12(10-16)11-17(2)13(19)14(20)18-7-3-5-15-6-9-18/h12,15H,3-11H2,1-2H3. The summed E-state index contributed by atoms with van der Waals surface area (Å²) in [7, 11) is 3.84. The molecule has 0 bridgehead atoms. The molecule has 0 aromatic rings. The zero-order valence-electron chi connectivity index (χ0n) is 12.6. The minimum Gasteiger partial charge on any atom is -0.337 e. The molecule has 2 heterocycles. The lowest BCUT2D eigenvalue weighted by Crippen LogP contribution is -2.46. The molecule has 0 spiro atoms. The Bertz CT molecular complexity index is 353. The van der Waals surface area contributed by atoms with Crippen molar-refractivity contribution in [2.24, 2.45) is 5.92 Å². The summed E-state index contributed by atoms with van der Waals surface area (Å²) >= 11 is 0. The molecule has 2 fully saturated rings. The molecule has 20 heavy (non-hydrogen) atoms. The monoisotopic (exact) mass is 282 g/mol. The first-order chi connectivity index (χ1) is 9.58. The average Bonchev–Trinajstić information content (AvgIpc) is 2.69. The highest BCUT2D eigenvalue weighted by Gasteiger charge is 2.28. The average molecular weight is 282 g/mol. The second-order valence-corrected chi connectivity index (χ2v) is 6.00. The van der Waals surface area contributed by atoms with Crippen LogP contribution in [0.25, 0.3) is 0 Å². The normalized spacial score (nSPS) is 24.5. The minimum atomic E-state index is -0.360. The molecule has 1 unspecified atom stereocenters. The van der Waals surface area contributed by atoms with Crippen LogP contribution in [0.3, 0.4) is 0 Å². The van der Waals surface area contributed by atoms with E-state index in [9.17, 15) is 9.59 Å². The summed E-state index contributed by atoms with van der Waals surface area (Å²) in [6.07, 6.45) is 2.02. The van der Waals surface area contributed by atoms with Crippen LogP contribution in [-0.4, -0.2) is 86.4 Å². The van der Waals surface area contributed by atoms with E-state index >= 15 is 0 Å². The van der Waals surface area contributed by atoms with Gasteiger partial charge in [-0.15, -0.1) is 0 Å². The van der Waals surface area contributed by atoms with E-state index in [4.69, 9.17) is 0 Å². The Labute approximate surface area is 121 Å². The number of likely N-dealkylation sites (tertiary alicyclic amines) is 1. The topological polar surface area (TPSA) is 55.9 Å². The fourth-order valence-corrected chi connectivity index (χ4v) is 2.99. The number of rotatable bonds is 2. The largest absolute Gasteiger partial charge is 0.337 e. The van der Waals surface area contributed by atoms with Gasteiger partial charge in [0.15, 0.2) is 0 Å². The highest BCUT2D eigenvalue weighted by Crippen LogP contribution is 2.15. The molecule has 6 nitrogen and oxygen atoms in total. The number of hydrogen-bond acceptors (Lipinski definition) is 4. The summed E-state index contributed by atoms with van der Waals surface area (Å²) in [6.45, 7) is 5.78. The first-order valence-corrected chi connectivity index (χ1v) is 7.51. The van der Waals surface area contributed by atoms with E-state index < -0.39 is 0 Å². The molecular weight excluding hydrogens is 256 g/mol. The van der Waals surface area contributed by atoms with Gasteiger partial charge in [-0.1, -0.05) is 0 Å². The van der Waals surface area contributed by atoms with Crippen molar-refractivity contribution in [1.82, 2.24) is 20.0 Å². The molecule has 0 aromatic carbocycles. The Kier molecular flexibility index (Phi) is 5.37. The van der Waals surface area contributed by atoms with E-state index in [1.807, 2.05) is 0 Å². The van der Waals surface area contributed by atoms with Crippen LogP contribution in [0.2, 0.25) is 0 Å². The fourth-order valence-electron chi connectivity index (χ4n) is 2.99. The van der Waals surface area contributed by atoms with Crippen LogP contribution in [0.1, 0.15) is 12.8 Å². The molecule has 2 saturated heterocycles. The summed E-state index contributed by atoms with van der Waals surface area (Å²) in [5, 5.41) is 3.24. The van der Waals surface area contributed by atoms with Crippen LogP contribution in [0.15, 0.2) is 0 Å². The van der Waals surface area contributed by atoms with E-state index in [1.165, 1.54) is 0 Å². The molecule has 2 aliphatic rings. The summed E-state index contributed by atoms with van der Waals surface area (Å²) < 4.78 is 0. The van der Waals surface area contributed by atoms with Gasteiger partial charge in [-0.05, 0) is 38.9 Å². The highest BCUT2D eigenvalue weighted by molar-refractivity contribution is 6.34. The zero-order chi connectivity index (χ0) is 14.5. The quantitative estimate of drug-likeness (QED) is 0.675. The van der Waals surface area contributed by atoms with Crippen molar-refractivity contribution in [3.63, 3.8) is 0 Å². The maximum atomic E-state index is 12.2. The van der Waals surface area contributed by atoms with E-state index in [1.54, 1.807) is 16.8 Å².